The molecule has 0 bridgehead atoms. The third-order valence-electron chi connectivity index (χ3n) is 8.25. The topological polar surface area (TPSA) is 51.8 Å². The van der Waals surface area contributed by atoms with Crippen LogP contribution >= 0.6 is 0 Å². The van der Waals surface area contributed by atoms with Crippen LogP contribution < -0.4 is 0 Å². The zero-order valence-corrected chi connectivity index (χ0v) is 23.0. The Labute approximate surface area is 246 Å². The third kappa shape index (κ3) is 3.74. The summed E-state index contributed by atoms with van der Waals surface area (Å²) in [5.41, 5.74) is 8.47. The second kappa shape index (κ2) is 9.33. The minimum absolute atomic E-state index is 0.706. The molecule has 0 spiro atoms. The van der Waals surface area contributed by atoms with Gasteiger partial charge in [0.25, 0.3) is 0 Å². The Morgan fingerprint density at radius 3 is 1.88 bits per heavy atom. The molecule has 0 unspecified atom stereocenters. The van der Waals surface area contributed by atoms with E-state index in [1.54, 1.807) is 0 Å². The van der Waals surface area contributed by atoms with Gasteiger partial charge in [0.2, 0.25) is 0 Å². The molecule has 0 saturated carbocycles. The Bertz CT molecular complexity index is 2500. The molecule has 4 nitrogen and oxygen atoms in total. The first-order valence-electron chi connectivity index (χ1n) is 14.4. The average molecular weight is 550 g/mol. The molecule has 0 aliphatic rings. The lowest BCUT2D eigenvalue weighted by Crippen LogP contribution is -1.96. The molecule has 6 aromatic carbocycles. The van der Waals surface area contributed by atoms with Gasteiger partial charge in [0.05, 0.1) is 22.4 Å². The first kappa shape index (κ1) is 23.8. The van der Waals surface area contributed by atoms with Crippen LogP contribution in [0.3, 0.4) is 0 Å². The highest BCUT2D eigenvalue weighted by atomic mass is 16.3. The summed E-state index contributed by atoms with van der Waals surface area (Å²) in [5, 5.41) is 6.56. The van der Waals surface area contributed by atoms with Crippen molar-refractivity contribution in [2.24, 2.45) is 0 Å². The number of rotatable bonds is 3. The van der Waals surface area contributed by atoms with E-state index in [1.807, 2.05) is 54.6 Å². The van der Waals surface area contributed by atoms with Crippen LogP contribution in [0, 0.1) is 0 Å². The van der Waals surface area contributed by atoms with Crippen LogP contribution in [0.2, 0.25) is 0 Å². The number of hydrogen-bond donors (Lipinski definition) is 0. The largest absolute Gasteiger partial charge is 0.456 e. The number of para-hydroxylation sites is 2. The molecular weight excluding hydrogens is 526 g/mol. The molecule has 43 heavy (non-hydrogen) atoms. The zero-order valence-electron chi connectivity index (χ0n) is 23.0. The van der Waals surface area contributed by atoms with Crippen molar-refractivity contribution in [1.29, 1.82) is 0 Å². The van der Waals surface area contributed by atoms with Gasteiger partial charge in [0.15, 0.2) is 5.82 Å². The summed E-state index contributed by atoms with van der Waals surface area (Å²) >= 11 is 0. The van der Waals surface area contributed by atoms with E-state index in [2.05, 4.69) is 84.9 Å². The van der Waals surface area contributed by atoms with Crippen molar-refractivity contribution < 1.29 is 4.42 Å². The maximum Gasteiger partial charge on any atom is 0.160 e. The number of hydrogen-bond acceptors (Lipinski definition) is 4. The number of nitrogens with zero attached hydrogens (tertiary/aromatic N) is 3. The SMILES string of the molecule is c1ccc(-c2nc(-c3ccc4c(c3)nc(-c3ccccc3)c3ccc5oc6ccccc6c5c34)c3ccccc3n2)cc1. The van der Waals surface area contributed by atoms with Gasteiger partial charge in [0.1, 0.15) is 11.2 Å². The average Bonchev–Trinajstić information content (AvgIpc) is 3.47. The normalized spacial score (nSPS) is 11.7. The standard InChI is InChI=1S/C39H23N3O/c1-3-11-24(12-4-1)37-30-21-22-34-36(29-16-8-10-18-33(29)43-34)35(30)27-20-19-26(23-32(27)40-37)38-28-15-7-9-17-31(28)41-39(42-38)25-13-5-2-6-14-25/h1-23H. The monoisotopic (exact) mass is 549 g/mol. The van der Waals surface area contributed by atoms with Gasteiger partial charge in [-0.15, -0.1) is 0 Å². The molecule has 0 fully saturated rings. The highest BCUT2D eigenvalue weighted by Gasteiger charge is 2.19. The number of furan rings is 1. The van der Waals surface area contributed by atoms with E-state index in [1.165, 1.54) is 0 Å². The molecule has 9 rings (SSSR count). The van der Waals surface area contributed by atoms with Crippen LogP contribution in [-0.2, 0) is 0 Å². The van der Waals surface area contributed by atoms with Crippen LogP contribution in [0.5, 0.6) is 0 Å². The summed E-state index contributed by atoms with van der Waals surface area (Å²) < 4.78 is 6.31. The Morgan fingerprint density at radius 1 is 0.372 bits per heavy atom. The lowest BCUT2D eigenvalue weighted by Gasteiger charge is -2.13. The van der Waals surface area contributed by atoms with Crippen molar-refractivity contribution in [2.45, 2.75) is 0 Å². The van der Waals surface area contributed by atoms with Gasteiger partial charge >= 0.3 is 0 Å². The number of benzene rings is 6. The molecule has 0 aliphatic heterocycles. The van der Waals surface area contributed by atoms with E-state index in [4.69, 9.17) is 19.4 Å². The van der Waals surface area contributed by atoms with E-state index in [-0.39, 0.29) is 0 Å². The first-order valence-corrected chi connectivity index (χ1v) is 14.4. The van der Waals surface area contributed by atoms with Gasteiger partial charge in [-0.25, -0.2) is 15.0 Å². The van der Waals surface area contributed by atoms with Crippen molar-refractivity contribution in [2.75, 3.05) is 0 Å². The first-order chi connectivity index (χ1) is 21.3. The minimum Gasteiger partial charge on any atom is -0.456 e. The molecule has 9 aromatic rings. The molecular formula is C39H23N3O. The predicted octanol–water partition coefficient (Wildman–Crippen LogP) is 10.2. The summed E-state index contributed by atoms with van der Waals surface area (Å²) in [7, 11) is 0. The molecule has 0 saturated heterocycles. The molecule has 0 radical (unpaired) electrons. The minimum atomic E-state index is 0.706. The Morgan fingerprint density at radius 2 is 1.05 bits per heavy atom. The van der Waals surface area contributed by atoms with E-state index < -0.39 is 0 Å². The number of fused-ring (bicyclic) bond motifs is 8. The van der Waals surface area contributed by atoms with Crippen molar-refractivity contribution >= 4 is 54.5 Å². The summed E-state index contributed by atoms with van der Waals surface area (Å²) in [5.74, 6) is 0.706. The molecule has 0 atom stereocenters. The smallest absolute Gasteiger partial charge is 0.160 e. The van der Waals surface area contributed by atoms with Crippen molar-refractivity contribution in [3.63, 3.8) is 0 Å². The summed E-state index contributed by atoms with van der Waals surface area (Å²) in [6, 6.07) is 47.8. The van der Waals surface area contributed by atoms with Crippen molar-refractivity contribution in [3.05, 3.63) is 140 Å². The Balaban J connectivity index is 1.38. The summed E-state index contributed by atoms with van der Waals surface area (Å²) in [6.45, 7) is 0. The molecule has 0 N–H and O–H groups in total. The van der Waals surface area contributed by atoms with Crippen LogP contribution in [-0.4, -0.2) is 15.0 Å². The molecule has 0 aliphatic carbocycles. The fraction of sp³-hybridized carbons (Fsp3) is 0. The summed E-state index contributed by atoms with van der Waals surface area (Å²) in [6.07, 6.45) is 0. The maximum absolute atomic E-state index is 6.31. The third-order valence-corrected chi connectivity index (χ3v) is 8.25. The highest BCUT2D eigenvalue weighted by Crippen LogP contribution is 2.42. The van der Waals surface area contributed by atoms with Gasteiger partial charge < -0.3 is 4.42 Å². The zero-order chi connectivity index (χ0) is 28.3. The van der Waals surface area contributed by atoms with Gasteiger partial charge in [-0.05, 0) is 30.3 Å². The fourth-order valence-electron chi connectivity index (χ4n) is 6.29. The second-order valence-electron chi connectivity index (χ2n) is 10.8. The van der Waals surface area contributed by atoms with Gasteiger partial charge in [-0.2, -0.15) is 0 Å². The molecule has 4 heteroatoms. The Kier molecular flexibility index (Phi) is 5.16. The maximum atomic E-state index is 6.31. The molecule has 3 aromatic heterocycles. The lowest BCUT2D eigenvalue weighted by atomic mass is 9.95. The fourth-order valence-corrected chi connectivity index (χ4v) is 6.29. The van der Waals surface area contributed by atoms with E-state index in [0.717, 1.165) is 82.6 Å². The highest BCUT2D eigenvalue weighted by molar-refractivity contribution is 6.28. The van der Waals surface area contributed by atoms with Crippen LogP contribution in [0.25, 0.3) is 88.4 Å². The van der Waals surface area contributed by atoms with E-state index >= 15 is 0 Å². The lowest BCUT2D eigenvalue weighted by molar-refractivity contribution is 0.669. The second-order valence-corrected chi connectivity index (χ2v) is 10.8. The van der Waals surface area contributed by atoms with E-state index in [9.17, 15) is 0 Å². The van der Waals surface area contributed by atoms with Crippen LogP contribution in [0.4, 0.5) is 0 Å². The van der Waals surface area contributed by atoms with Crippen molar-refractivity contribution in [3.8, 4) is 33.9 Å². The number of pyridine rings is 1. The summed E-state index contributed by atoms with van der Waals surface area (Å²) in [4.78, 5) is 15.3. The van der Waals surface area contributed by atoms with Gasteiger partial charge in [-0.3, -0.25) is 0 Å². The van der Waals surface area contributed by atoms with Gasteiger partial charge in [-0.1, -0.05) is 109 Å². The predicted molar refractivity (Wildman–Crippen MR) is 176 cm³/mol. The molecule has 3 heterocycles. The Hall–Kier alpha value is -5.87. The quantitative estimate of drug-likeness (QED) is 0.206. The van der Waals surface area contributed by atoms with Crippen molar-refractivity contribution in [1.82, 2.24) is 15.0 Å². The molecule has 0 amide bonds. The van der Waals surface area contributed by atoms with Crippen LogP contribution in [0.15, 0.2) is 144 Å². The number of aromatic nitrogens is 3. The van der Waals surface area contributed by atoms with Crippen LogP contribution in [0.1, 0.15) is 0 Å². The van der Waals surface area contributed by atoms with Gasteiger partial charge in [0, 0.05) is 49.0 Å². The van der Waals surface area contributed by atoms with E-state index in [0.29, 0.717) is 5.82 Å². The molecule has 200 valence electrons.